The minimum Gasteiger partial charge on any atom is -0.408 e. The van der Waals surface area contributed by atoms with Crippen molar-refractivity contribution in [2.75, 3.05) is 5.01 Å². The number of rotatable bonds is 1. The highest BCUT2D eigenvalue weighted by Gasteiger charge is 2.19. The van der Waals surface area contributed by atoms with Crippen molar-refractivity contribution in [3.05, 3.63) is 70.3 Å². The lowest BCUT2D eigenvalue weighted by Gasteiger charge is -2.20. The van der Waals surface area contributed by atoms with Gasteiger partial charge in [-0.1, -0.05) is 6.07 Å². The van der Waals surface area contributed by atoms with Crippen molar-refractivity contribution in [1.82, 2.24) is 9.97 Å². The topological polar surface area (TPSA) is 74.5 Å². The zero-order valence-electron chi connectivity index (χ0n) is 14.2. The molecular weight excluding hydrogens is 328 g/mol. The predicted molar refractivity (Wildman–Crippen MR) is 102 cm³/mol. The van der Waals surface area contributed by atoms with Gasteiger partial charge in [-0.3, -0.25) is 15.0 Å². The number of oxazole rings is 1. The van der Waals surface area contributed by atoms with Crippen molar-refractivity contribution >= 4 is 33.4 Å². The summed E-state index contributed by atoms with van der Waals surface area (Å²) in [6, 6.07) is 14.0. The van der Waals surface area contributed by atoms with E-state index in [1.807, 2.05) is 42.3 Å². The van der Waals surface area contributed by atoms with Crippen molar-refractivity contribution in [3.8, 4) is 0 Å². The molecule has 0 saturated heterocycles. The maximum Gasteiger partial charge on any atom is 0.417 e. The number of fused-ring (bicyclic) bond motifs is 3. The molecule has 0 radical (unpaired) electrons. The number of anilines is 1. The van der Waals surface area contributed by atoms with Crippen molar-refractivity contribution in [3.63, 3.8) is 0 Å². The third-order valence-corrected chi connectivity index (χ3v) is 4.70. The second-order valence-electron chi connectivity index (χ2n) is 6.55. The molecule has 0 atom stereocenters. The van der Waals surface area contributed by atoms with Gasteiger partial charge >= 0.3 is 5.76 Å². The van der Waals surface area contributed by atoms with Gasteiger partial charge in [-0.05, 0) is 54.4 Å². The summed E-state index contributed by atoms with van der Waals surface area (Å²) in [5.74, 6) is -0.428. The van der Waals surface area contributed by atoms with E-state index in [1.54, 1.807) is 6.20 Å². The molecule has 2 aromatic heterocycles. The number of aromatic amines is 1. The number of hydrazone groups is 1. The molecule has 0 aliphatic carbocycles. The average molecular weight is 344 g/mol. The summed E-state index contributed by atoms with van der Waals surface area (Å²) in [7, 11) is 0. The molecule has 1 aliphatic rings. The van der Waals surface area contributed by atoms with E-state index in [-0.39, 0.29) is 0 Å². The van der Waals surface area contributed by atoms with E-state index < -0.39 is 5.76 Å². The van der Waals surface area contributed by atoms with Crippen LogP contribution in [0.1, 0.15) is 18.1 Å². The fourth-order valence-electron chi connectivity index (χ4n) is 3.56. The SMILES string of the molecule is CC1=NN(c2cccc3ncccc23)Cc2cc3oc(=O)[nH]c3cc2C1. The van der Waals surface area contributed by atoms with E-state index in [9.17, 15) is 4.79 Å². The zero-order valence-corrected chi connectivity index (χ0v) is 14.2. The Kier molecular flexibility index (Phi) is 3.18. The number of aromatic nitrogens is 2. The summed E-state index contributed by atoms with van der Waals surface area (Å²) in [5.41, 5.74) is 6.51. The van der Waals surface area contributed by atoms with Crippen LogP contribution in [0.3, 0.4) is 0 Å². The second-order valence-corrected chi connectivity index (χ2v) is 6.55. The Morgan fingerprint density at radius 1 is 1.15 bits per heavy atom. The fraction of sp³-hybridized carbons (Fsp3) is 0.150. The Morgan fingerprint density at radius 2 is 2.08 bits per heavy atom. The van der Waals surface area contributed by atoms with Gasteiger partial charge in [0, 0.05) is 23.7 Å². The molecule has 2 aromatic carbocycles. The molecule has 4 aromatic rings. The third kappa shape index (κ3) is 2.38. The first-order valence-electron chi connectivity index (χ1n) is 8.47. The van der Waals surface area contributed by atoms with Gasteiger partial charge in [0.15, 0.2) is 5.58 Å². The van der Waals surface area contributed by atoms with Crippen LogP contribution in [-0.4, -0.2) is 15.7 Å². The molecule has 0 unspecified atom stereocenters. The monoisotopic (exact) mass is 344 g/mol. The van der Waals surface area contributed by atoms with Gasteiger partial charge in [0.25, 0.3) is 0 Å². The molecule has 0 saturated carbocycles. The predicted octanol–water partition coefficient (Wildman–Crippen LogP) is 3.61. The highest BCUT2D eigenvalue weighted by atomic mass is 16.4. The first kappa shape index (κ1) is 14.9. The summed E-state index contributed by atoms with van der Waals surface area (Å²) in [6.07, 6.45) is 2.53. The van der Waals surface area contributed by atoms with Gasteiger partial charge in [0.1, 0.15) is 0 Å². The van der Waals surface area contributed by atoms with Crippen LogP contribution < -0.4 is 10.8 Å². The molecule has 26 heavy (non-hydrogen) atoms. The van der Waals surface area contributed by atoms with Crippen molar-refractivity contribution in [1.29, 1.82) is 0 Å². The van der Waals surface area contributed by atoms with Crippen LogP contribution >= 0.6 is 0 Å². The zero-order chi connectivity index (χ0) is 17.7. The maximum absolute atomic E-state index is 11.5. The summed E-state index contributed by atoms with van der Waals surface area (Å²) in [5, 5.41) is 7.88. The quantitative estimate of drug-likeness (QED) is 0.572. The van der Waals surface area contributed by atoms with Crippen LogP contribution in [0, 0.1) is 0 Å². The van der Waals surface area contributed by atoms with Crippen LogP contribution in [0.15, 0.2) is 63.0 Å². The Balaban J connectivity index is 1.68. The Bertz CT molecular complexity index is 1230. The molecule has 5 rings (SSSR count). The van der Waals surface area contributed by atoms with Crippen molar-refractivity contribution in [2.24, 2.45) is 5.10 Å². The van der Waals surface area contributed by atoms with Crippen LogP contribution in [0.25, 0.3) is 22.0 Å². The Hall–Kier alpha value is -3.41. The van der Waals surface area contributed by atoms with E-state index in [2.05, 4.69) is 22.1 Å². The Morgan fingerprint density at radius 3 is 3.00 bits per heavy atom. The number of hydrogen-bond acceptors (Lipinski definition) is 5. The van der Waals surface area contributed by atoms with Crippen molar-refractivity contribution < 1.29 is 4.42 Å². The normalized spacial score (nSPS) is 14.3. The van der Waals surface area contributed by atoms with E-state index in [0.29, 0.717) is 12.1 Å². The summed E-state index contributed by atoms with van der Waals surface area (Å²) < 4.78 is 5.24. The molecule has 0 amide bonds. The van der Waals surface area contributed by atoms with Crippen molar-refractivity contribution in [2.45, 2.75) is 19.9 Å². The average Bonchev–Trinajstić information content (AvgIpc) is 2.90. The molecule has 0 fully saturated rings. The van der Waals surface area contributed by atoms with Gasteiger partial charge in [-0.15, -0.1) is 0 Å². The smallest absolute Gasteiger partial charge is 0.408 e. The number of nitrogens with one attached hydrogen (secondary N) is 1. The molecule has 1 aliphatic heterocycles. The molecule has 0 bridgehead atoms. The maximum atomic E-state index is 11.5. The van der Waals surface area contributed by atoms with Gasteiger partial charge in [-0.25, -0.2) is 4.79 Å². The lowest BCUT2D eigenvalue weighted by Crippen LogP contribution is -2.16. The van der Waals surface area contributed by atoms with Crippen LogP contribution in [0.5, 0.6) is 0 Å². The molecule has 6 heteroatoms. The molecule has 128 valence electrons. The standard InChI is InChI=1S/C20H16N4O2/c1-12-8-13-9-17-19(26-20(25)22-17)10-14(13)11-24(23-12)18-6-2-5-16-15(18)4-3-7-21-16/h2-7,9-10H,8,11H2,1H3,(H,22,25). The van der Waals surface area contributed by atoms with Crippen LogP contribution in [0.4, 0.5) is 5.69 Å². The first-order valence-corrected chi connectivity index (χ1v) is 8.47. The minimum atomic E-state index is -0.428. The van der Waals surface area contributed by atoms with Gasteiger partial charge in [0.2, 0.25) is 0 Å². The molecule has 0 spiro atoms. The lowest BCUT2D eigenvalue weighted by molar-refractivity contribution is 0.555. The summed E-state index contributed by atoms with van der Waals surface area (Å²) in [6.45, 7) is 2.62. The Labute approximate surface area is 148 Å². The van der Waals surface area contributed by atoms with Gasteiger partial charge in [0.05, 0.1) is 23.3 Å². The number of H-pyrrole nitrogens is 1. The fourth-order valence-corrected chi connectivity index (χ4v) is 3.56. The minimum absolute atomic E-state index is 0.428. The molecular formula is C20H16N4O2. The van der Waals surface area contributed by atoms with E-state index in [4.69, 9.17) is 9.52 Å². The molecule has 1 N–H and O–H groups in total. The highest BCUT2D eigenvalue weighted by molar-refractivity contribution is 5.94. The van der Waals surface area contributed by atoms with E-state index in [1.165, 1.54) is 0 Å². The van der Waals surface area contributed by atoms with Crippen LogP contribution in [-0.2, 0) is 13.0 Å². The third-order valence-electron chi connectivity index (χ3n) is 4.70. The van der Waals surface area contributed by atoms with E-state index >= 15 is 0 Å². The van der Waals surface area contributed by atoms with E-state index in [0.717, 1.165) is 45.4 Å². The number of hydrogen-bond donors (Lipinski definition) is 1. The summed E-state index contributed by atoms with van der Waals surface area (Å²) in [4.78, 5) is 18.7. The summed E-state index contributed by atoms with van der Waals surface area (Å²) >= 11 is 0. The number of nitrogens with zero attached hydrogens (tertiary/aromatic N) is 3. The second kappa shape index (κ2) is 5.56. The van der Waals surface area contributed by atoms with Gasteiger partial charge in [-0.2, -0.15) is 5.10 Å². The number of pyridine rings is 1. The molecule has 6 nitrogen and oxygen atoms in total. The van der Waals surface area contributed by atoms with Gasteiger partial charge < -0.3 is 4.42 Å². The lowest BCUT2D eigenvalue weighted by atomic mass is 10.0. The van der Waals surface area contributed by atoms with Crippen LogP contribution in [0.2, 0.25) is 0 Å². The highest BCUT2D eigenvalue weighted by Crippen LogP contribution is 2.30. The number of benzene rings is 2. The molecule has 3 heterocycles. The largest absolute Gasteiger partial charge is 0.417 e. The first-order chi connectivity index (χ1) is 12.7.